The van der Waals surface area contributed by atoms with Crippen LogP contribution in [0.4, 0.5) is 10.2 Å². The van der Waals surface area contributed by atoms with Gasteiger partial charge < -0.3 is 17.0 Å². The molecule has 23 heavy (non-hydrogen) atoms. The first-order valence-electron chi connectivity index (χ1n) is 6.94. The van der Waals surface area contributed by atoms with Crippen molar-refractivity contribution in [2.75, 3.05) is 12.4 Å². The number of aromatic nitrogens is 2. The van der Waals surface area contributed by atoms with Crippen LogP contribution in [-0.4, -0.2) is 17.1 Å². The van der Waals surface area contributed by atoms with E-state index < -0.39 is 5.95 Å². The number of ether oxygens (including phenoxy) is 1. The van der Waals surface area contributed by atoms with Gasteiger partial charge in [-0.3, -0.25) is 0 Å². The van der Waals surface area contributed by atoms with E-state index in [1.165, 1.54) is 6.42 Å². The van der Waals surface area contributed by atoms with Gasteiger partial charge in [0.1, 0.15) is 5.82 Å². The fourth-order valence-electron chi connectivity index (χ4n) is 1.34. The summed E-state index contributed by atoms with van der Waals surface area (Å²) in [6.45, 7) is 6.24. The number of nitrogens with zero attached hydrogens (tertiary/aromatic N) is 2. The van der Waals surface area contributed by atoms with Gasteiger partial charge in [-0.05, 0) is 33.6 Å². The number of hydrogen-bond donors (Lipinski definition) is 1. The molecule has 0 aliphatic carbocycles. The summed E-state index contributed by atoms with van der Waals surface area (Å²) in [7, 11) is 1.56. The largest absolute Gasteiger partial charge is 1.00 e. The van der Waals surface area contributed by atoms with Crippen molar-refractivity contribution in [1.29, 1.82) is 0 Å². The van der Waals surface area contributed by atoms with E-state index in [-0.39, 0.29) is 18.9 Å². The Morgan fingerprint density at radius 3 is 2.48 bits per heavy atom. The van der Waals surface area contributed by atoms with Gasteiger partial charge in [-0.1, -0.05) is 19.4 Å². The van der Waals surface area contributed by atoms with Crippen LogP contribution in [0, 0.1) is 12.9 Å². The van der Waals surface area contributed by atoms with Crippen LogP contribution in [0.5, 0.6) is 5.88 Å². The molecule has 0 spiro atoms. The average Bonchev–Trinajstić information content (AvgIpc) is 2.56. The van der Waals surface area contributed by atoms with E-state index in [0.717, 1.165) is 12.0 Å². The first kappa shape index (κ1) is 21.9. The smallest absolute Gasteiger partial charge is 0.481 e. The molecule has 0 bridgehead atoms. The van der Waals surface area contributed by atoms with E-state index in [2.05, 4.69) is 45.1 Å². The summed E-state index contributed by atoms with van der Waals surface area (Å²) in [6, 6.07) is 6.96. The molecule has 2 rings (SSSR count). The molecule has 120 valence electrons. The zero-order chi connectivity index (χ0) is 16.4. The summed E-state index contributed by atoms with van der Waals surface area (Å²) in [5.74, 6) is 0.505. The molecule has 1 N–H and O–H groups in total. The molecule has 0 radical (unpaired) electrons. The van der Waals surface area contributed by atoms with Gasteiger partial charge in [-0.25, -0.2) is 9.97 Å². The molecular formula is C16H20BrFLiN3O. The van der Waals surface area contributed by atoms with Crippen LogP contribution in [0.3, 0.4) is 0 Å². The van der Waals surface area contributed by atoms with Crippen molar-refractivity contribution in [3.05, 3.63) is 53.4 Å². The fraction of sp³-hybridized carbons (Fsp3) is 0.312. The predicted octanol–water partition coefficient (Wildman–Crippen LogP) is 1.62. The van der Waals surface area contributed by atoms with E-state index >= 15 is 0 Å². The Morgan fingerprint density at radius 1 is 1.30 bits per heavy atom. The molecule has 4 nitrogen and oxygen atoms in total. The Kier molecular flexibility index (Phi) is 11.8. The van der Waals surface area contributed by atoms with Gasteiger partial charge in [0.05, 0.1) is 11.6 Å². The van der Waals surface area contributed by atoms with Crippen LogP contribution >= 0.6 is 15.9 Å². The third-order valence-corrected chi connectivity index (χ3v) is 3.23. The molecule has 2 aromatic heterocycles. The topological polar surface area (TPSA) is 47.0 Å². The average molecular weight is 376 g/mol. The first-order valence-corrected chi connectivity index (χ1v) is 7.74. The maximum atomic E-state index is 13.2. The van der Waals surface area contributed by atoms with Crippen molar-refractivity contribution >= 4 is 21.7 Å². The maximum absolute atomic E-state index is 13.2. The second-order valence-electron chi connectivity index (χ2n) is 4.39. The minimum absolute atomic E-state index is 0. The third-order valence-electron chi connectivity index (χ3n) is 2.64. The van der Waals surface area contributed by atoms with Crippen molar-refractivity contribution < 1.29 is 28.0 Å². The number of pyridine rings is 2. The van der Waals surface area contributed by atoms with Gasteiger partial charge >= 0.3 is 18.9 Å². The molecule has 0 aromatic carbocycles. The van der Waals surface area contributed by atoms with E-state index in [4.69, 9.17) is 4.74 Å². The molecule has 0 fully saturated rings. The molecule has 2 heterocycles. The van der Waals surface area contributed by atoms with E-state index in [1.54, 1.807) is 31.5 Å². The summed E-state index contributed by atoms with van der Waals surface area (Å²) in [5.41, 5.74) is 0.959. The Bertz CT molecular complexity index is 568. The van der Waals surface area contributed by atoms with E-state index in [9.17, 15) is 4.39 Å². The van der Waals surface area contributed by atoms with Gasteiger partial charge in [-0.2, -0.15) is 10.8 Å². The van der Waals surface area contributed by atoms with Gasteiger partial charge in [0.25, 0.3) is 0 Å². The molecule has 0 atom stereocenters. The van der Waals surface area contributed by atoms with Crippen molar-refractivity contribution in [3.8, 4) is 5.88 Å². The Labute approximate surface area is 157 Å². The van der Waals surface area contributed by atoms with Crippen molar-refractivity contribution in [2.24, 2.45) is 0 Å². The molecule has 0 unspecified atom stereocenters. The molecule has 0 saturated carbocycles. The second-order valence-corrected chi connectivity index (χ2v) is 5.24. The SMILES string of the molecule is COc1ccc(CNc2ccc(Br)c(F)n2)cn1.[CH2-]CCC.[Li+]. The van der Waals surface area contributed by atoms with E-state index in [1.807, 2.05) is 6.07 Å². The van der Waals surface area contributed by atoms with Gasteiger partial charge in [0, 0.05) is 18.8 Å². The molecule has 0 aliphatic rings. The number of unbranched alkanes of at least 4 members (excludes halogenated alkanes) is 1. The number of rotatable bonds is 5. The Morgan fingerprint density at radius 2 is 2.00 bits per heavy atom. The fourth-order valence-corrected chi connectivity index (χ4v) is 1.57. The van der Waals surface area contributed by atoms with Crippen LogP contribution in [-0.2, 0) is 6.54 Å². The van der Waals surface area contributed by atoms with Crippen LogP contribution in [0.15, 0.2) is 34.9 Å². The van der Waals surface area contributed by atoms with E-state index in [0.29, 0.717) is 22.7 Å². The molecule has 0 aliphatic heterocycles. The van der Waals surface area contributed by atoms with Crippen LogP contribution in [0.25, 0.3) is 0 Å². The second kappa shape index (κ2) is 12.3. The standard InChI is InChI=1S/C12H11BrFN3O.C4H9.Li/c1-18-11-5-2-8(7-16-11)6-15-10-4-3-9(13)12(14)17-10;1-3-4-2;/h2-5,7H,6H2,1H3,(H,15,17);1,3-4H2,2H3;/q;-1;+1. The van der Waals surface area contributed by atoms with Crippen molar-refractivity contribution in [1.82, 2.24) is 9.97 Å². The molecule has 0 amide bonds. The summed E-state index contributed by atoms with van der Waals surface area (Å²) in [4.78, 5) is 7.83. The minimum atomic E-state index is -0.534. The minimum Gasteiger partial charge on any atom is -0.481 e. The summed E-state index contributed by atoms with van der Waals surface area (Å²) in [5, 5.41) is 3.01. The number of nitrogens with one attached hydrogen (secondary N) is 1. The molecule has 7 heteroatoms. The summed E-state index contributed by atoms with van der Waals surface area (Å²) >= 11 is 3.05. The quantitative estimate of drug-likeness (QED) is 0.490. The zero-order valence-electron chi connectivity index (χ0n) is 13.8. The molecule has 0 saturated heterocycles. The van der Waals surface area contributed by atoms with Gasteiger partial charge in [0.2, 0.25) is 11.8 Å². The molecular weight excluding hydrogens is 356 g/mol. The van der Waals surface area contributed by atoms with Crippen molar-refractivity contribution in [3.63, 3.8) is 0 Å². The normalized spacial score (nSPS) is 9.26. The summed E-state index contributed by atoms with van der Waals surface area (Å²) in [6.07, 6.45) is 3.97. The van der Waals surface area contributed by atoms with Crippen molar-refractivity contribution in [2.45, 2.75) is 26.3 Å². The number of anilines is 1. The molecule has 2 aromatic rings. The van der Waals surface area contributed by atoms with Gasteiger partial charge in [0.15, 0.2) is 0 Å². The predicted molar refractivity (Wildman–Crippen MR) is 90.3 cm³/mol. The first-order chi connectivity index (χ1) is 10.6. The Hall–Kier alpha value is -1.09. The zero-order valence-corrected chi connectivity index (χ0v) is 15.4. The number of hydrogen-bond acceptors (Lipinski definition) is 4. The van der Waals surface area contributed by atoms with Gasteiger partial charge in [-0.15, -0.1) is 0 Å². The maximum Gasteiger partial charge on any atom is 1.00 e. The number of methoxy groups -OCH3 is 1. The van der Waals surface area contributed by atoms with Crippen LogP contribution in [0.1, 0.15) is 25.3 Å². The Balaban J connectivity index is 0.000000871. The van der Waals surface area contributed by atoms with Crippen LogP contribution in [0.2, 0.25) is 0 Å². The third kappa shape index (κ3) is 8.36. The van der Waals surface area contributed by atoms with Crippen LogP contribution < -0.4 is 28.9 Å². The number of halogens is 2. The monoisotopic (exact) mass is 375 g/mol. The summed E-state index contributed by atoms with van der Waals surface area (Å²) < 4.78 is 18.5.